The molecular formula is C18H21F2NO3. The van der Waals surface area contributed by atoms with E-state index in [-0.39, 0.29) is 35.7 Å². The maximum absolute atomic E-state index is 13.8. The molecule has 0 heterocycles. The molecule has 1 amide bonds. The van der Waals surface area contributed by atoms with Gasteiger partial charge in [0.1, 0.15) is 11.6 Å². The van der Waals surface area contributed by atoms with Crippen LogP contribution in [0.5, 0.6) is 0 Å². The summed E-state index contributed by atoms with van der Waals surface area (Å²) in [5, 5.41) is 3.00. The van der Waals surface area contributed by atoms with Gasteiger partial charge in [-0.05, 0) is 48.9 Å². The number of ether oxygens (including phenoxy) is 1. The molecule has 0 radical (unpaired) electrons. The monoisotopic (exact) mass is 337 g/mol. The first-order valence-corrected chi connectivity index (χ1v) is 8.28. The smallest absolute Gasteiger partial charge is 0.307 e. The lowest BCUT2D eigenvalue weighted by atomic mass is 9.92. The largest absolute Gasteiger partial charge is 0.469 e. The van der Waals surface area contributed by atoms with E-state index in [2.05, 4.69) is 5.32 Å². The van der Waals surface area contributed by atoms with Crippen molar-refractivity contribution in [3.63, 3.8) is 0 Å². The van der Waals surface area contributed by atoms with Crippen LogP contribution in [0.25, 0.3) is 0 Å². The number of benzene rings is 1. The number of hydrogen-bond donors (Lipinski definition) is 1. The molecule has 2 unspecified atom stereocenters. The van der Waals surface area contributed by atoms with E-state index in [1.54, 1.807) is 0 Å². The Bertz CT molecular complexity index is 656. The van der Waals surface area contributed by atoms with E-state index in [1.165, 1.54) is 7.11 Å². The Balaban J connectivity index is 1.67. The predicted molar refractivity (Wildman–Crippen MR) is 83.2 cm³/mol. The standard InChI is InChI=1S/C18H21F2NO3/c1-24-16(22)10-18(6-2-3-7-18)21-17(23)14-9-12(14)13-8-11(19)4-5-15(13)20/h4-5,8,12,14H,2-3,6-7,9-10H2,1H3,(H,21,23). The van der Waals surface area contributed by atoms with Crippen molar-refractivity contribution in [2.75, 3.05) is 7.11 Å². The number of carbonyl (C=O) groups excluding carboxylic acids is 2. The van der Waals surface area contributed by atoms with Gasteiger partial charge in [0.15, 0.2) is 0 Å². The Morgan fingerprint density at radius 3 is 2.67 bits per heavy atom. The van der Waals surface area contributed by atoms with Crippen molar-refractivity contribution < 1.29 is 23.1 Å². The maximum atomic E-state index is 13.8. The summed E-state index contributed by atoms with van der Waals surface area (Å²) < 4.78 is 31.9. The van der Waals surface area contributed by atoms with Gasteiger partial charge in [-0.15, -0.1) is 0 Å². The van der Waals surface area contributed by atoms with Gasteiger partial charge in [0, 0.05) is 5.92 Å². The SMILES string of the molecule is COC(=O)CC1(NC(=O)C2CC2c2cc(F)ccc2F)CCCC1. The zero-order valence-electron chi connectivity index (χ0n) is 13.6. The van der Waals surface area contributed by atoms with Gasteiger partial charge in [0.25, 0.3) is 0 Å². The van der Waals surface area contributed by atoms with E-state index >= 15 is 0 Å². The Hall–Kier alpha value is -1.98. The molecule has 130 valence electrons. The number of esters is 1. The molecule has 0 saturated heterocycles. The summed E-state index contributed by atoms with van der Waals surface area (Å²) in [6, 6.07) is 3.32. The average Bonchev–Trinajstić information content (AvgIpc) is 3.23. The van der Waals surface area contributed by atoms with Crippen LogP contribution in [0, 0.1) is 17.6 Å². The van der Waals surface area contributed by atoms with Crippen molar-refractivity contribution in [2.45, 2.75) is 50.0 Å². The quantitative estimate of drug-likeness (QED) is 0.840. The molecular weight excluding hydrogens is 316 g/mol. The second kappa shape index (κ2) is 6.49. The third-order valence-electron chi connectivity index (χ3n) is 5.14. The fraction of sp³-hybridized carbons (Fsp3) is 0.556. The van der Waals surface area contributed by atoms with Crippen LogP contribution >= 0.6 is 0 Å². The molecule has 24 heavy (non-hydrogen) atoms. The summed E-state index contributed by atoms with van der Waals surface area (Å²) in [5.74, 6) is -2.18. The third-order valence-corrected chi connectivity index (χ3v) is 5.14. The zero-order valence-corrected chi connectivity index (χ0v) is 13.6. The maximum Gasteiger partial charge on any atom is 0.307 e. The van der Waals surface area contributed by atoms with E-state index in [4.69, 9.17) is 4.74 Å². The molecule has 3 rings (SSSR count). The molecule has 1 aromatic carbocycles. The Labute approximate surface area is 139 Å². The molecule has 2 aliphatic carbocycles. The van der Waals surface area contributed by atoms with Gasteiger partial charge in [-0.1, -0.05) is 12.8 Å². The molecule has 0 aliphatic heterocycles. The molecule has 2 aliphatic rings. The van der Waals surface area contributed by atoms with Gasteiger partial charge in [-0.3, -0.25) is 9.59 Å². The molecule has 6 heteroatoms. The highest BCUT2D eigenvalue weighted by molar-refractivity contribution is 5.84. The second-order valence-corrected chi connectivity index (χ2v) is 6.84. The van der Waals surface area contributed by atoms with Crippen molar-refractivity contribution in [3.05, 3.63) is 35.4 Å². The van der Waals surface area contributed by atoms with E-state index in [0.717, 1.165) is 43.9 Å². The summed E-state index contributed by atoms with van der Waals surface area (Å²) >= 11 is 0. The topological polar surface area (TPSA) is 55.4 Å². The molecule has 1 N–H and O–H groups in total. The lowest BCUT2D eigenvalue weighted by Gasteiger charge is -2.29. The molecule has 2 saturated carbocycles. The van der Waals surface area contributed by atoms with Crippen LogP contribution in [-0.2, 0) is 14.3 Å². The lowest BCUT2D eigenvalue weighted by molar-refractivity contribution is -0.142. The van der Waals surface area contributed by atoms with Gasteiger partial charge >= 0.3 is 5.97 Å². The van der Waals surface area contributed by atoms with Crippen LogP contribution in [0.3, 0.4) is 0 Å². The molecule has 2 fully saturated rings. The molecule has 2 atom stereocenters. The van der Waals surface area contributed by atoms with Crippen molar-refractivity contribution in [3.8, 4) is 0 Å². The van der Waals surface area contributed by atoms with Crippen LogP contribution in [0.15, 0.2) is 18.2 Å². The van der Waals surface area contributed by atoms with Crippen LogP contribution in [0.4, 0.5) is 8.78 Å². The Morgan fingerprint density at radius 1 is 1.29 bits per heavy atom. The summed E-state index contributed by atoms with van der Waals surface area (Å²) in [6.07, 6.45) is 4.02. The zero-order chi connectivity index (χ0) is 17.3. The lowest BCUT2D eigenvalue weighted by Crippen LogP contribution is -2.48. The number of amides is 1. The number of halogens is 2. The summed E-state index contributed by atoms with van der Waals surface area (Å²) in [4.78, 5) is 24.2. The number of rotatable bonds is 5. The second-order valence-electron chi connectivity index (χ2n) is 6.84. The fourth-order valence-electron chi connectivity index (χ4n) is 3.73. The minimum atomic E-state index is -0.558. The Kier molecular flexibility index (Phi) is 4.56. The number of methoxy groups -OCH3 is 1. The van der Waals surface area contributed by atoms with Gasteiger partial charge in [0.2, 0.25) is 5.91 Å². The highest BCUT2D eigenvalue weighted by Gasteiger charge is 2.48. The van der Waals surface area contributed by atoms with Gasteiger partial charge in [-0.25, -0.2) is 8.78 Å². The van der Waals surface area contributed by atoms with E-state index < -0.39 is 17.2 Å². The van der Waals surface area contributed by atoms with Crippen molar-refractivity contribution >= 4 is 11.9 Å². The molecule has 0 spiro atoms. The van der Waals surface area contributed by atoms with Gasteiger partial charge in [0.05, 0.1) is 19.1 Å². The Morgan fingerprint density at radius 2 is 2.00 bits per heavy atom. The summed E-state index contributed by atoms with van der Waals surface area (Å²) in [5.41, 5.74) is -0.304. The van der Waals surface area contributed by atoms with Crippen LogP contribution in [-0.4, -0.2) is 24.5 Å². The first-order valence-electron chi connectivity index (χ1n) is 8.28. The number of nitrogens with one attached hydrogen (secondary N) is 1. The average molecular weight is 337 g/mol. The van der Waals surface area contributed by atoms with Crippen molar-refractivity contribution in [1.29, 1.82) is 0 Å². The number of hydrogen-bond acceptors (Lipinski definition) is 3. The van der Waals surface area contributed by atoms with Gasteiger partial charge in [-0.2, -0.15) is 0 Å². The predicted octanol–water partition coefficient (Wildman–Crippen LogP) is 3.06. The molecule has 0 aromatic heterocycles. The van der Waals surface area contributed by atoms with Crippen LogP contribution in [0.2, 0.25) is 0 Å². The normalized spacial score (nSPS) is 24.5. The van der Waals surface area contributed by atoms with Crippen LogP contribution in [0.1, 0.15) is 50.0 Å². The molecule has 1 aromatic rings. The highest BCUT2D eigenvalue weighted by Crippen LogP contribution is 2.49. The summed E-state index contributed by atoms with van der Waals surface area (Å²) in [6.45, 7) is 0. The van der Waals surface area contributed by atoms with E-state index in [9.17, 15) is 18.4 Å². The van der Waals surface area contributed by atoms with E-state index in [1.807, 2.05) is 0 Å². The molecule has 4 nitrogen and oxygen atoms in total. The minimum Gasteiger partial charge on any atom is -0.469 e. The first-order chi connectivity index (χ1) is 11.4. The minimum absolute atomic E-state index is 0.154. The van der Waals surface area contributed by atoms with Crippen LogP contribution < -0.4 is 5.32 Å². The highest BCUT2D eigenvalue weighted by atomic mass is 19.1. The number of carbonyl (C=O) groups is 2. The van der Waals surface area contributed by atoms with Gasteiger partial charge < -0.3 is 10.1 Å². The van der Waals surface area contributed by atoms with Crippen molar-refractivity contribution in [1.82, 2.24) is 5.32 Å². The molecule has 0 bridgehead atoms. The summed E-state index contributed by atoms with van der Waals surface area (Å²) in [7, 11) is 1.33. The van der Waals surface area contributed by atoms with E-state index in [0.29, 0.717) is 6.42 Å². The fourth-order valence-corrected chi connectivity index (χ4v) is 3.73. The third kappa shape index (κ3) is 3.42. The first kappa shape index (κ1) is 16.9. The van der Waals surface area contributed by atoms with Crippen molar-refractivity contribution in [2.24, 2.45) is 5.92 Å².